The van der Waals surface area contributed by atoms with Crippen molar-refractivity contribution in [3.8, 4) is 11.5 Å². The predicted molar refractivity (Wildman–Crippen MR) is 116 cm³/mol. The van der Waals surface area contributed by atoms with Gasteiger partial charge in [-0.25, -0.2) is 8.42 Å². The molecule has 1 N–H and O–H groups in total. The van der Waals surface area contributed by atoms with Crippen LogP contribution in [-0.2, 0) is 14.8 Å². The molecular formula is C22H28N2O5S. The van der Waals surface area contributed by atoms with Crippen LogP contribution in [0, 0.1) is 6.92 Å². The van der Waals surface area contributed by atoms with Crippen LogP contribution in [0.25, 0.3) is 0 Å². The highest BCUT2D eigenvalue weighted by Crippen LogP contribution is 2.35. The van der Waals surface area contributed by atoms with Gasteiger partial charge in [-0.15, -0.1) is 0 Å². The minimum absolute atomic E-state index is 0.0913. The molecule has 1 aliphatic carbocycles. The summed E-state index contributed by atoms with van der Waals surface area (Å²) in [7, 11) is -1.06. The third-order valence-electron chi connectivity index (χ3n) is 5.27. The molecule has 0 aromatic heterocycles. The average molecular weight is 433 g/mol. The minimum atomic E-state index is -4.02. The van der Waals surface area contributed by atoms with Crippen molar-refractivity contribution in [3.63, 3.8) is 0 Å². The van der Waals surface area contributed by atoms with Gasteiger partial charge >= 0.3 is 0 Å². The zero-order chi connectivity index (χ0) is 21.7. The van der Waals surface area contributed by atoms with E-state index in [9.17, 15) is 13.2 Å². The molecule has 1 aliphatic rings. The van der Waals surface area contributed by atoms with Crippen molar-refractivity contribution in [2.24, 2.45) is 0 Å². The van der Waals surface area contributed by atoms with Gasteiger partial charge in [-0.2, -0.15) is 0 Å². The fourth-order valence-electron chi connectivity index (χ4n) is 3.60. The van der Waals surface area contributed by atoms with Crippen molar-refractivity contribution in [3.05, 3.63) is 48.0 Å². The molecule has 1 amide bonds. The number of carbonyl (C=O) groups excluding carboxylic acids is 1. The molecule has 0 aliphatic heterocycles. The number of ether oxygens (including phenoxy) is 2. The Labute approximate surface area is 178 Å². The van der Waals surface area contributed by atoms with E-state index in [4.69, 9.17) is 9.47 Å². The normalized spacial score (nSPS) is 14.4. The van der Waals surface area contributed by atoms with Gasteiger partial charge in [-0.3, -0.25) is 9.10 Å². The number of rotatable bonds is 8. The number of carbonyl (C=O) groups is 1. The Balaban J connectivity index is 2.02. The molecule has 0 atom stereocenters. The second-order valence-electron chi connectivity index (χ2n) is 7.41. The van der Waals surface area contributed by atoms with Crippen molar-refractivity contribution < 1.29 is 22.7 Å². The van der Waals surface area contributed by atoms with Crippen LogP contribution in [0.1, 0.15) is 31.2 Å². The summed E-state index contributed by atoms with van der Waals surface area (Å²) in [5.74, 6) is 0.453. The second kappa shape index (κ2) is 9.38. The van der Waals surface area contributed by atoms with Crippen LogP contribution < -0.4 is 19.1 Å². The van der Waals surface area contributed by atoms with Crippen LogP contribution in [0.3, 0.4) is 0 Å². The molecule has 2 aromatic rings. The Bertz CT molecular complexity index is 983. The molecule has 30 heavy (non-hydrogen) atoms. The number of methoxy groups -OCH3 is 2. The zero-order valence-corrected chi connectivity index (χ0v) is 18.4. The van der Waals surface area contributed by atoms with E-state index in [0.717, 1.165) is 35.6 Å². The highest BCUT2D eigenvalue weighted by molar-refractivity contribution is 7.92. The van der Waals surface area contributed by atoms with E-state index < -0.39 is 10.0 Å². The van der Waals surface area contributed by atoms with E-state index in [1.807, 2.05) is 6.92 Å². The first-order valence-corrected chi connectivity index (χ1v) is 11.4. The molecule has 162 valence electrons. The number of anilines is 1. The molecule has 0 saturated heterocycles. The van der Waals surface area contributed by atoms with Crippen LogP contribution >= 0.6 is 0 Å². The number of hydrogen-bond acceptors (Lipinski definition) is 5. The lowest BCUT2D eigenvalue weighted by Gasteiger charge is -2.26. The number of nitrogens with one attached hydrogen (secondary N) is 1. The number of amides is 1. The molecule has 2 aromatic carbocycles. The molecule has 8 heteroatoms. The quantitative estimate of drug-likeness (QED) is 0.692. The maximum absolute atomic E-state index is 13.5. The largest absolute Gasteiger partial charge is 0.497 e. The SMILES string of the molecule is COc1ccc(OC)c(N(CC(=O)NC2CCCC2)S(=O)(=O)c2ccc(C)cc2)c1. The van der Waals surface area contributed by atoms with E-state index in [1.54, 1.807) is 42.5 Å². The Kier molecular flexibility index (Phi) is 6.87. The van der Waals surface area contributed by atoms with E-state index in [-0.39, 0.29) is 29.1 Å². The number of hydrogen-bond donors (Lipinski definition) is 1. The lowest BCUT2D eigenvalue weighted by molar-refractivity contribution is -0.120. The summed E-state index contributed by atoms with van der Waals surface area (Å²) in [5.41, 5.74) is 1.19. The first-order chi connectivity index (χ1) is 14.3. The molecule has 7 nitrogen and oxygen atoms in total. The van der Waals surface area contributed by atoms with Crippen molar-refractivity contribution in [1.29, 1.82) is 0 Å². The van der Waals surface area contributed by atoms with Crippen LogP contribution in [0.5, 0.6) is 11.5 Å². The van der Waals surface area contributed by atoms with E-state index in [1.165, 1.54) is 14.2 Å². The lowest BCUT2D eigenvalue weighted by Crippen LogP contribution is -2.43. The van der Waals surface area contributed by atoms with Crippen molar-refractivity contribution in [2.45, 2.75) is 43.5 Å². The van der Waals surface area contributed by atoms with Crippen molar-refractivity contribution in [1.82, 2.24) is 5.32 Å². The standard InChI is InChI=1S/C22H28N2O5S/c1-16-8-11-19(12-9-16)30(26,27)24(15-22(25)23-17-6-4-5-7-17)20-14-18(28-2)10-13-21(20)29-3/h8-14,17H,4-7,15H2,1-3H3,(H,23,25). The number of benzene rings is 2. The Morgan fingerprint density at radius 1 is 1.07 bits per heavy atom. The first-order valence-electron chi connectivity index (χ1n) is 9.96. The second-order valence-corrected chi connectivity index (χ2v) is 9.27. The summed E-state index contributed by atoms with van der Waals surface area (Å²) in [6.45, 7) is 1.53. The molecule has 1 fully saturated rings. The summed E-state index contributed by atoms with van der Waals surface area (Å²) >= 11 is 0. The summed E-state index contributed by atoms with van der Waals surface area (Å²) < 4.78 is 38.8. The fraction of sp³-hybridized carbons (Fsp3) is 0.409. The monoisotopic (exact) mass is 432 g/mol. The van der Waals surface area contributed by atoms with Gasteiger partial charge in [0.05, 0.1) is 24.8 Å². The van der Waals surface area contributed by atoms with Crippen molar-refractivity contribution >= 4 is 21.6 Å². The van der Waals surface area contributed by atoms with Gasteiger partial charge in [0.1, 0.15) is 18.0 Å². The predicted octanol–water partition coefficient (Wildman–Crippen LogP) is 3.27. The minimum Gasteiger partial charge on any atom is -0.497 e. The van der Waals surface area contributed by atoms with Gasteiger partial charge in [0, 0.05) is 12.1 Å². The van der Waals surface area contributed by atoms with Gasteiger partial charge in [-0.05, 0) is 44.0 Å². The van der Waals surface area contributed by atoms with Gasteiger partial charge in [0.2, 0.25) is 5.91 Å². The maximum Gasteiger partial charge on any atom is 0.264 e. The smallest absolute Gasteiger partial charge is 0.264 e. The molecule has 0 bridgehead atoms. The van der Waals surface area contributed by atoms with Gasteiger partial charge < -0.3 is 14.8 Å². The molecule has 0 unspecified atom stereocenters. The maximum atomic E-state index is 13.5. The van der Waals surface area contributed by atoms with Gasteiger partial charge in [0.15, 0.2) is 0 Å². The third-order valence-corrected chi connectivity index (χ3v) is 7.05. The van der Waals surface area contributed by atoms with Crippen LogP contribution in [0.4, 0.5) is 5.69 Å². The third kappa shape index (κ3) is 4.87. The topological polar surface area (TPSA) is 84.9 Å². The Morgan fingerprint density at radius 2 is 1.73 bits per heavy atom. The Hall–Kier alpha value is -2.74. The molecule has 0 radical (unpaired) electrons. The lowest BCUT2D eigenvalue weighted by atomic mass is 10.2. The molecule has 3 rings (SSSR count). The molecule has 0 heterocycles. The first kappa shape index (κ1) is 22.0. The summed E-state index contributed by atoms with van der Waals surface area (Å²) in [4.78, 5) is 12.9. The molecular weight excluding hydrogens is 404 g/mol. The van der Waals surface area contributed by atoms with E-state index in [2.05, 4.69) is 5.32 Å². The molecule has 1 saturated carbocycles. The number of nitrogens with zero attached hydrogens (tertiary/aromatic N) is 1. The summed E-state index contributed by atoms with van der Waals surface area (Å²) in [6.07, 6.45) is 3.97. The number of sulfonamides is 1. The fourth-order valence-corrected chi connectivity index (χ4v) is 5.03. The highest BCUT2D eigenvalue weighted by Gasteiger charge is 2.30. The Morgan fingerprint density at radius 3 is 2.33 bits per heavy atom. The van der Waals surface area contributed by atoms with Gasteiger partial charge in [0.25, 0.3) is 10.0 Å². The van der Waals surface area contributed by atoms with Crippen molar-refractivity contribution in [2.75, 3.05) is 25.1 Å². The van der Waals surface area contributed by atoms with Gasteiger partial charge in [-0.1, -0.05) is 30.5 Å². The summed E-state index contributed by atoms with van der Waals surface area (Å²) in [6, 6.07) is 11.5. The average Bonchev–Trinajstić information content (AvgIpc) is 3.24. The van der Waals surface area contributed by atoms with E-state index in [0.29, 0.717) is 11.5 Å². The molecule has 0 spiro atoms. The van der Waals surface area contributed by atoms with E-state index >= 15 is 0 Å². The van der Waals surface area contributed by atoms with Crippen LogP contribution in [-0.4, -0.2) is 41.1 Å². The highest BCUT2D eigenvalue weighted by atomic mass is 32.2. The van der Waals surface area contributed by atoms with Crippen LogP contribution in [0.2, 0.25) is 0 Å². The van der Waals surface area contributed by atoms with Crippen LogP contribution in [0.15, 0.2) is 47.4 Å². The zero-order valence-electron chi connectivity index (χ0n) is 17.6. The summed E-state index contributed by atoms with van der Waals surface area (Å²) in [5, 5.41) is 2.96. The number of aryl methyl sites for hydroxylation is 1.